The van der Waals surface area contributed by atoms with E-state index in [0.717, 1.165) is 35.7 Å². The maximum absolute atomic E-state index is 5.67. The summed E-state index contributed by atoms with van der Waals surface area (Å²) in [5.41, 5.74) is 1.31. The number of hydrogen-bond donors (Lipinski definition) is 1. The molecule has 0 bridgehead atoms. The van der Waals surface area contributed by atoms with Crippen LogP contribution in [0.3, 0.4) is 0 Å². The number of benzene rings is 1. The van der Waals surface area contributed by atoms with E-state index in [4.69, 9.17) is 4.74 Å². The Labute approximate surface area is 105 Å². The molecule has 86 valence electrons. The monoisotopic (exact) mass is 281 g/mol. The molecule has 1 fully saturated rings. The minimum Gasteiger partial charge on any atom is -0.493 e. The van der Waals surface area contributed by atoms with Crippen LogP contribution in [0.25, 0.3) is 0 Å². The molecule has 1 saturated carbocycles. The lowest BCUT2D eigenvalue weighted by atomic mass is 10.0. The van der Waals surface area contributed by atoms with Crippen LogP contribution < -0.4 is 10.1 Å². The van der Waals surface area contributed by atoms with Crippen molar-refractivity contribution in [2.45, 2.75) is 25.3 Å². The van der Waals surface area contributed by atoms with Crippen molar-refractivity contribution in [1.82, 2.24) is 5.32 Å². The van der Waals surface area contributed by atoms with Crippen molar-refractivity contribution in [3.8, 4) is 5.75 Å². The lowest BCUT2D eigenvalue weighted by molar-refractivity contribution is 0.252. The molecule has 16 heavy (non-hydrogen) atoms. The van der Waals surface area contributed by atoms with Gasteiger partial charge in [-0.05, 0) is 43.5 Å². The number of hydrogen-bond acceptors (Lipinski definition) is 2. The van der Waals surface area contributed by atoms with Crippen LogP contribution in [0, 0.1) is 5.92 Å². The van der Waals surface area contributed by atoms with E-state index in [-0.39, 0.29) is 0 Å². The van der Waals surface area contributed by atoms with Crippen molar-refractivity contribution >= 4 is 15.9 Å². The predicted octanol–water partition coefficient (Wildman–Crippen LogP) is 3.27. The Morgan fingerprint density at radius 3 is 3.00 bits per heavy atom. The number of nitrogens with one attached hydrogen (secondary N) is 1. The zero-order chi connectivity index (χ0) is 11.0. The van der Waals surface area contributed by atoms with E-state index in [1.807, 2.05) is 6.07 Å². The smallest absolute Gasteiger partial charge is 0.124 e. The number of rotatable bonds is 3. The molecule has 1 unspecified atom stereocenters. The van der Waals surface area contributed by atoms with E-state index in [9.17, 15) is 0 Å². The first kappa shape index (κ1) is 10.6. The zero-order valence-electron chi connectivity index (χ0n) is 9.21. The fraction of sp³-hybridized carbons (Fsp3) is 0.538. The second-order valence-corrected chi connectivity index (χ2v) is 5.64. The van der Waals surface area contributed by atoms with Gasteiger partial charge in [-0.1, -0.05) is 15.9 Å². The molecule has 1 atom stereocenters. The summed E-state index contributed by atoms with van der Waals surface area (Å²) in [5.74, 6) is 1.97. The highest BCUT2D eigenvalue weighted by molar-refractivity contribution is 9.10. The molecule has 0 amide bonds. The second kappa shape index (κ2) is 4.38. The first-order valence-corrected chi connectivity index (χ1v) is 6.78. The van der Waals surface area contributed by atoms with Crippen molar-refractivity contribution in [2.24, 2.45) is 5.92 Å². The minimum absolute atomic E-state index is 0.474. The first-order valence-electron chi connectivity index (χ1n) is 5.98. The molecule has 0 saturated heterocycles. The highest BCUT2D eigenvalue weighted by atomic mass is 79.9. The Kier molecular flexibility index (Phi) is 2.90. The van der Waals surface area contributed by atoms with Gasteiger partial charge in [0, 0.05) is 22.5 Å². The van der Waals surface area contributed by atoms with Crippen LogP contribution in [0.5, 0.6) is 5.75 Å². The van der Waals surface area contributed by atoms with Crippen LogP contribution >= 0.6 is 15.9 Å². The minimum atomic E-state index is 0.474. The third-order valence-electron chi connectivity index (χ3n) is 3.36. The quantitative estimate of drug-likeness (QED) is 0.918. The molecule has 3 heteroatoms. The van der Waals surface area contributed by atoms with Gasteiger partial charge in [0.05, 0.1) is 6.61 Å². The molecule has 2 nitrogen and oxygen atoms in total. The maximum atomic E-state index is 5.67. The normalized spacial score (nSPS) is 23.7. The Morgan fingerprint density at radius 2 is 2.19 bits per heavy atom. The van der Waals surface area contributed by atoms with E-state index in [1.165, 1.54) is 18.4 Å². The fourth-order valence-corrected chi connectivity index (χ4v) is 2.59. The van der Waals surface area contributed by atoms with Gasteiger partial charge in [-0.15, -0.1) is 0 Å². The van der Waals surface area contributed by atoms with Crippen LogP contribution in [0.2, 0.25) is 0 Å². The lowest BCUT2D eigenvalue weighted by Crippen LogP contribution is -2.28. The number of ether oxygens (including phenoxy) is 1. The van der Waals surface area contributed by atoms with Crippen LogP contribution in [0.15, 0.2) is 22.7 Å². The summed E-state index contributed by atoms with van der Waals surface area (Å²) in [6, 6.07) is 6.76. The summed E-state index contributed by atoms with van der Waals surface area (Å²) in [6.07, 6.45) is 3.89. The maximum Gasteiger partial charge on any atom is 0.124 e. The third-order valence-corrected chi connectivity index (χ3v) is 3.85. The Hall–Kier alpha value is -0.540. The highest BCUT2D eigenvalue weighted by Crippen LogP contribution is 2.35. The van der Waals surface area contributed by atoms with Gasteiger partial charge in [0.15, 0.2) is 0 Å². The molecule has 1 aliphatic carbocycles. The Morgan fingerprint density at radius 1 is 1.31 bits per heavy atom. The summed E-state index contributed by atoms with van der Waals surface area (Å²) in [6.45, 7) is 1.99. The molecule has 0 radical (unpaired) electrons. The van der Waals surface area contributed by atoms with Gasteiger partial charge in [0.25, 0.3) is 0 Å². The van der Waals surface area contributed by atoms with Crippen molar-refractivity contribution in [2.75, 3.05) is 13.2 Å². The summed E-state index contributed by atoms with van der Waals surface area (Å²) in [4.78, 5) is 0. The largest absolute Gasteiger partial charge is 0.493 e. The fourth-order valence-electron chi connectivity index (χ4n) is 2.21. The van der Waals surface area contributed by atoms with Crippen molar-refractivity contribution in [1.29, 1.82) is 0 Å². The Bertz CT molecular complexity index is 390. The number of halogens is 1. The molecule has 1 aromatic rings. The van der Waals surface area contributed by atoms with E-state index >= 15 is 0 Å². The lowest BCUT2D eigenvalue weighted by Gasteiger charge is -2.27. The van der Waals surface area contributed by atoms with Gasteiger partial charge in [0.1, 0.15) is 5.75 Å². The van der Waals surface area contributed by atoms with Crippen molar-refractivity contribution in [3.63, 3.8) is 0 Å². The van der Waals surface area contributed by atoms with Crippen LogP contribution in [0.1, 0.15) is 30.9 Å². The van der Waals surface area contributed by atoms with E-state index in [0.29, 0.717) is 6.04 Å². The number of fused-ring (bicyclic) bond motifs is 1. The Balaban J connectivity index is 1.77. The zero-order valence-corrected chi connectivity index (χ0v) is 10.8. The molecule has 1 N–H and O–H groups in total. The molecule has 2 aliphatic rings. The summed E-state index contributed by atoms with van der Waals surface area (Å²) < 4.78 is 6.80. The van der Waals surface area contributed by atoms with Gasteiger partial charge in [-0.25, -0.2) is 0 Å². The molecule has 0 spiro atoms. The van der Waals surface area contributed by atoms with Crippen molar-refractivity contribution in [3.05, 3.63) is 28.2 Å². The third kappa shape index (κ3) is 2.25. The standard InChI is InChI=1S/C13H16BrNO/c14-10-3-4-13-11(7-10)12(5-6-16-13)15-8-9-1-2-9/h3-4,7,9,12,15H,1-2,5-6,8H2. The molecule has 3 rings (SSSR count). The van der Waals surface area contributed by atoms with Crippen LogP contribution in [-0.2, 0) is 0 Å². The highest BCUT2D eigenvalue weighted by Gasteiger charge is 2.25. The topological polar surface area (TPSA) is 21.3 Å². The van der Waals surface area contributed by atoms with E-state index < -0.39 is 0 Å². The summed E-state index contributed by atoms with van der Waals surface area (Å²) >= 11 is 3.53. The van der Waals surface area contributed by atoms with Gasteiger partial charge in [-0.3, -0.25) is 0 Å². The molecule has 1 aromatic carbocycles. The van der Waals surface area contributed by atoms with Crippen LogP contribution in [-0.4, -0.2) is 13.2 Å². The van der Waals surface area contributed by atoms with Gasteiger partial charge < -0.3 is 10.1 Å². The average molecular weight is 282 g/mol. The van der Waals surface area contributed by atoms with E-state index in [1.54, 1.807) is 0 Å². The summed E-state index contributed by atoms with van der Waals surface area (Å²) in [5, 5.41) is 3.67. The van der Waals surface area contributed by atoms with Crippen molar-refractivity contribution < 1.29 is 4.74 Å². The summed E-state index contributed by atoms with van der Waals surface area (Å²) in [7, 11) is 0. The average Bonchev–Trinajstić information content (AvgIpc) is 3.10. The molecule has 0 aromatic heterocycles. The van der Waals surface area contributed by atoms with E-state index in [2.05, 4.69) is 33.4 Å². The predicted molar refractivity (Wildman–Crippen MR) is 67.7 cm³/mol. The van der Waals surface area contributed by atoms with Crippen LogP contribution in [0.4, 0.5) is 0 Å². The van der Waals surface area contributed by atoms with Gasteiger partial charge in [0.2, 0.25) is 0 Å². The molecular weight excluding hydrogens is 266 g/mol. The molecule has 1 heterocycles. The van der Waals surface area contributed by atoms with Gasteiger partial charge in [-0.2, -0.15) is 0 Å². The molecule has 1 aliphatic heterocycles. The first-order chi connectivity index (χ1) is 7.83. The second-order valence-electron chi connectivity index (χ2n) is 4.72. The molecular formula is C13H16BrNO. The van der Waals surface area contributed by atoms with Gasteiger partial charge >= 0.3 is 0 Å². The SMILES string of the molecule is Brc1ccc2c(c1)C(NCC1CC1)CCO2.